The topological polar surface area (TPSA) is 146 Å². The van der Waals surface area contributed by atoms with Crippen LogP contribution >= 0.6 is 0 Å². The van der Waals surface area contributed by atoms with Crippen molar-refractivity contribution in [1.29, 1.82) is 0 Å². The minimum atomic E-state index is -0.678. The Morgan fingerprint density at radius 3 is 2.46 bits per heavy atom. The Kier molecular flexibility index (Phi) is 9.62. The molecule has 3 aliphatic heterocycles. The maximum atomic E-state index is 13.0. The van der Waals surface area contributed by atoms with Crippen molar-refractivity contribution in [2.24, 2.45) is 0 Å². The molecule has 1 saturated carbocycles. The number of hydrogen-bond acceptors (Lipinski definition) is 9. The first-order valence-corrected chi connectivity index (χ1v) is 16.7. The molecule has 1 aliphatic carbocycles. The van der Waals surface area contributed by atoms with Gasteiger partial charge >= 0.3 is 6.09 Å². The molecule has 3 fully saturated rings. The Bertz CT molecular complexity index is 1630. The number of rotatable bonds is 12. The summed E-state index contributed by atoms with van der Waals surface area (Å²) in [5, 5.41) is 2.31. The second-order valence-corrected chi connectivity index (χ2v) is 14.0. The van der Waals surface area contributed by atoms with Gasteiger partial charge in [-0.05, 0) is 70.2 Å². The van der Waals surface area contributed by atoms with E-state index in [1.165, 1.54) is 4.90 Å². The Balaban J connectivity index is 0.885. The summed E-state index contributed by atoms with van der Waals surface area (Å²) in [5.41, 5.74) is 1.38. The van der Waals surface area contributed by atoms with Crippen molar-refractivity contribution in [2.45, 2.75) is 89.1 Å². The lowest BCUT2D eigenvalue weighted by Gasteiger charge is -2.29. The van der Waals surface area contributed by atoms with Crippen molar-refractivity contribution >= 4 is 23.8 Å². The van der Waals surface area contributed by atoms with Crippen molar-refractivity contribution in [3.8, 4) is 5.75 Å². The molecule has 4 heterocycles. The van der Waals surface area contributed by atoms with E-state index in [9.17, 15) is 24.0 Å². The van der Waals surface area contributed by atoms with Crippen LogP contribution in [-0.4, -0.2) is 94.9 Å². The molecule has 258 valence electrons. The van der Waals surface area contributed by atoms with Gasteiger partial charge in [-0.3, -0.25) is 24.5 Å². The van der Waals surface area contributed by atoms with Crippen LogP contribution in [0.25, 0.3) is 0 Å². The lowest BCUT2D eigenvalue weighted by atomic mass is 9.96. The summed E-state index contributed by atoms with van der Waals surface area (Å²) < 4.78 is 24.5. The molecule has 1 aromatic heterocycles. The van der Waals surface area contributed by atoms with Crippen LogP contribution in [0.3, 0.4) is 0 Å². The Morgan fingerprint density at radius 2 is 1.75 bits per heavy atom. The predicted molar refractivity (Wildman–Crippen MR) is 173 cm³/mol. The third kappa shape index (κ3) is 7.41. The Morgan fingerprint density at radius 1 is 1.00 bits per heavy atom. The summed E-state index contributed by atoms with van der Waals surface area (Å²) in [6.07, 6.45) is 4.81. The molecular weight excluding hydrogens is 620 g/mol. The molecule has 2 saturated heterocycles. The van der Waals surface area contributed by atoms with E-state index < -0.39 is 17.6 Å². The molecule has 1 aromatic carbocycles. The van der Waals surface area contributed by atoms with E-state index in [1.807, 2.05) is 31.7 Å². The summed E-state index contributed by atoms with van der Waals surface area (Å²) >= 11 is 0. The van der Waals surface area contributed by atoms with E-state index in [2.05, 4.69) is 5.32 Å². The van der Waals surface area contributed by atoms with Crippen LogP contribution in [0.15, 0.2) is 41.3 Å². The highest BCUT2D eigenvalue weighted by molar-refractivity contribution is 6.05. The maximum absolute atomic E-state index is 13.0. The second-order valence-electron chi connectivity index (χ2n) is 14.0. The van der Waals surface area contributed by atoms with Gasteiger partial charge in [0.15, 0.2) is 0 Å². The molecule has 4 amide bonds. The highest BCUT2D eigenvalue weighted by atomic mass is 16.6. The first-order valence-electron chi connectivity index (χ1n) is 16.7. The summed E-state index contributed by atoms with van der Waals surface area (Å²) in [5.74, 6) is -0.346. The monoisotopic (exact) mass is 664 g/mol. The van der Waals surface area contributed by atoms with Gasteiger partial charge in [-0.1, -0.05) is 6.07 Å². The molecule has 13 heteroatoms. The number of pyridine rings is 1. The lowest BCUT2D eigenvalue weighted by Crippen LogP contribution is -2.52. The third-order valence-corrected chi connectivity index (χ3v) is 9.41. The first kappa shape index (κ1) is 33.7. The largest absolute Gasteiger partial charge is 0.491 e. The van der Waals surface area contributed by atoms with Gasteiger partial charge in [0, 0.05) is 54.4 Å². The Labute approximate surface area is 279 Å². The summed E-state index contributed by atoms with van der Waals surface area (Å²) in [7, 11) is 0. The molecule has 1 spiro atoms. The van der Waals surface area contributed by atoms with Crippen LogP contribution in [0, 0.1) is 0 Å². The zero-order valence-corrected chi connectivity index (χ0v) is 27.8. The molecular formula is C35H44N4O9. The van der Waals surface area contributed by atoms with Crippen LogP contribution in [0.2, 0.25) is 0 Å². The molecule has 6 rings (SSSR count). The van der Waals surface area contributed by atoms with E-state index in [1.54, 1.807) is 35.0 Å². The second kappa shape index (κ2) is 13.7. The third-order valence-electron chi connectivity index (χ3n) is 9.41. The quantitative estimate of drug-likeness (QED) is 0.267. The summed E-state index contributed by atoms with van der Waals surface area (Å²) in [4.78, 5) is 65.9. The van der Waals surface area contributed by atoms with E-state index >= 15 is 0 Å². The standard InChI is InChI=1S/C35H44N4O9/c1-34(2,3)48-33(44)39-21-24(20-35(39)10-11-35)23-9-12-37(30(41)19-23)13-14-45-15-16-46-17-18-47-28-6-4-5-25-26(28)22-38(32(25)43)27-7-8-29(40)36-31(27)42/h4-6,9,12,19,24,27H,7-8,10-11,13-18,20-22H2,1-3H3,(H,36,40,42)/t24-,27?/m0/s1. The Hall–Kier alpha value is -4.23. The van der Waals surface area contributed by atoms with Gasteiger partial charge in [-0.2, -0.15) is 0 Å². The summed E-state index contributed by atoms with van der Waals surface area (Å²) in [6, 6.07) is 8.20. The van der Waals surface area contributed by atoms with Gasteiger partial charge in [0.25, 0.3) is 11.5 Å². The van der Waals surface area contributed by atoms with Crippen LogP contribution < -0.4 is 15.6 Å². The minimum Gasteiger partial charge on any atom is -0.491 e. The van der Waals surface area contributed by atoms with Crippen LogP contribution in [0.1, 0.15) is 80.3 Å². The number of piperidine rings is 1. The normalized spacial score (nSPS) is 21.4. The van der Waals surface area contributed by atoms with Crippen molar-refractivity contribution in [2.75, 3.05) is 39.6 Å². The van der Waals surface area contributed by atoms with Gasteiger partial charge in [0.05, 0.1) is 33.0 Å². The maximum Gasteiger partial charge on any atom is 0.410 e. The number of amides is 4. The SMILES string of the molecule is CC(C)(C)OC(=O)N1C[C@@H](c2ccn(CCOCCOCCOc3cccc4c3CN(C3CCC(=O)NC3=O)C4=O)c(=O)c2)CC12CC2. The summed E-state index contributed by atoms with van der Waals surface area (Å²) in [6.45, 7) is 8.46. The van der Waals surface area contributed by atoms with Crippen LogP contribution in [0.5, 0.6) is 5.75 Å². The van der Waals surface area contributed by atoms with Crippen molar-refractivity contribution in [1.82, 2.24) is 19.7 Å². The molecule has 1 unspecified atom stereocenters. The zero-order valence-electron chi connectivity index (χ0n) is 27.8. The van der Waals surface area contributed by atoms with E-state index in [0.717, 1.165) is 30.4 Å². The molecule has 0 radical (unpaired) electrons. The fourth-order valence-electron chi connectivity index (χ4n) is 6.82. The number of hydrogen-bond donors (Lipinski definition) is 1. The van der Waals surface area contributed by atoms with Gasteiger partial charge in [-0.25, -0.2) is 4.79 Å². The van der Waals surface area contributed by atoms with Gasteiger partial charge in [0.2, 0.25) is 11.8 Å². The fourth-order valence-corrected chi connectivity index (χ4v) is 6.82. The van der Waals surface area contributed by atoms with E-state index in [4.69, 9.17) is 18.9 Å². The number of carbonyl (C=O) groups is 4. The number of nitrogens with one attached hydrogen (secondary N) is 1. The minimum absolute atomic E-state index is 0.0978. The van der Waals surface area contributed by atoms with Gasteiger partial charge in [0.1, 0.15) is 24.0 Å². The highest BCUT2D eigenvalue weighted by Crippen LogP contribution is 2.54. The number of benzene rings is 1. The highest BCUT2D eigenvalue weighted by Gasteiger charge is 2.57. The molecule has 0 bridgehead atoms. The van der Waals surface area contributed by atoms with E-state index in [-0.39, 0.29) is 54.5 Å². The van der Waals surface area contributed by atoms with Crippen LogP contribution in [0.4, 0.5) is 4.79 Å². The zero-order chi connectivity index (χ0) is 34.1. The lowest BCUT2D eigenvalue weighted by molar-refractivity contribution is -0.136. The average molecular weight is 665 g/mol. The number of likely N-dealkylation sites (tertiary alicyclic amines) is 1. The van der Waals surface area contributed by atoms with Crippen LogP contribution in [-0.2, 0) is 36.9 Å². The predicted octanol–water partition coefficient (Wildman–Crippen LogP) is 2.98. The smallest absolute Gasteiger partial charge is 0.410 e. The fraction of sp³-hybridized carbons (Fsp3) is 0.571. The van der Waals surface area contributed by atoms with Gasteiger partial charge < -0.3 is 33.3 Å². The number of aromatic nitrogens is 1. The number of carbonyl (C=O) groups excluding carboxylic acids is 4. The van der Waals surface area contributed by atoms with Crippen molar-refractivity contribution in [3.05, 3.63) is 63.6 Å². The molecule has 1 N–H and O–H groups in total. The van der Waals surface area contributed by atoms with Crippen molar-refractivity contribution in [3.63, 3.8) is 0 Å². The molecule has 48 heavy (non-hydrogen) atoms. The number of fused-ring (bicyclic) bond motifs is 1. The molecule has 13 nitrogen and oxygen atoms in total. The molecule has 4 aliphatic rings. The number of ether oxygens (including phenoxy) is 4. The average Bonchev–Trinajstić information content (AvgIpc) is 3.58. The molecule has 2 atom stereocenters. The number of nitrogens with zero attached hydrogens (tertiary/aromatic N) is 3. The van der Waals surface area contributed by atoms with Crippen molar-refractivity contribution < 1.29 is 38.1 Å². The number of imide groups is 1. The molecule has 2 aromatic rings. The van der Waals surface area contributed by atoms with Gasteiger partial charge in [-0.15, -0.1) is 0 Å². The first-order chi connectivity index (χ1) is 22.9. The van der Waals surface area contributed by atoms with E-state index in [0.29, 0.717) is 57.3 Å².